The molecule has 92 valence electrons. The van der Waals surface area contributed by atoms with Crippen LogP contribution in [0.3, 0.4) is 0 Å². The summed E-state index contributed by atoms with van der Waals surface area (Å²) in [6.45, 7) is 1.85. The number of pyridine rings is 1. The summed E-state index contributed by atoms with van der Waals surface area (Å²) < 4.78 is 0. The summed E-state index contributed by atoms with van der Waals surface area (Å²) in [5, 5.41) is 0. The number of nitrogens with zero attached hydrogens (tertiary/aromatic N) is 2. The van der Waals surface area contributed by atoms with E-state index >= 15 is 0 Å². The minimum absolute atomic E-state index is 0.0778. The third kappa shape index (κ3) is 2.18. The Morgan fingerprint density at radius 3 is 2.56 bits per heavy atom. The molecule has 4 nitrogen and oxygen atoms in total. The molecule has 0 bridgehead atoms. The van der Waals surface area contributed by atoms with Gasteiger partial charge in [-0.25, -0.2) is 0 Å². The number of nitrogen functional groups attached to an aromatic ring is 1. The number of hydrogen-bond donors (Lipinski definition) is 1. The molecule has 0 unspecified atom stereocenters. The molecule has 1 heterocycles. The van der Waals surface area contributed by atoms with Crippen LogP contribution in [0.15, 0.2) is 42.7 Å². The van der Waals surface area contributed by atoms with Crippen LogP contribution in [0.2, 0.25) is 0 Å². The van der Waals surface area contributed by atoms with E-state index in [1.165, 1.54) is 0 Å². The van der Waals surface area contributed by atoms with Gasteiger partial charge in [0.05, 0.1) is 0 Å². The van der Waals surface area contributed by atoms with Crippen LogP contribution in [0.5, 0.6) is 0 Å². The Morgan fingerprint density at radius 1 is 1.22 bits per heavy atom. The lowest BCUT2D eigenvalue weighted by atomic mass is 10.1. The molecule has 0 radical (unpaired) electrons. The van der Waals surface area contributed by atoms with Crippen LogP contribution in [0.4, 0.5) is 11.4 Å². The van der Waals surface area contributed by atoms with Gasteiger partial charge in [-0.2, -0.15) is 0 Å². The van der Waals surface area contributed by atoms with Crippen LogP contribution in [-0.2, 0) is 0 Å². The van der Waals surface area contributed by atoms with Gasteiger partial charge in [0.25, 0.3) is 5.91 Å². The molecule has 0 aliphatic heterocycles. The highest BCUT2D eigenvalue weighted by Crippen LogP contribution is 2.19. The average molecular weight is 241 g/mol. The largest absolute Gasteiger partial charge is 0.398 e. The van der Waals surface area contributed by atoms with Gasteiger partial charge in [0, 0.05) is 36.4 Å². The second kappa shape index (κ2) is 4.87. The third-order valence-electron chi connectivity index (χ3n) is 2.96. The van der Waals surface area contributed by atoms with Crippen molar-refractivity contribution in [3.8, 4) is 0 Å². The Bertz CT molecular complexity index is 567. The highest BCUT2D eigenvalue weighted by molar-refractivity contribution is 6.07. The molecule has 0 atom stereocenters. The molecule has 1 aromatic heterocycles. The first-order valence-corrected chi connectivity index (χ1v) is 5.64. The van der Waals surface area contributed by atoms with E-state index in [-0.39, 0.29) is 5.91 Å². The summed E-state index contributed by atoms with van der Waals surface area (Å²) in [5.74, 6) is -0.0778. The Labute approximate surface area is 106 Å². The molecule has 0 spiro atoms. The molecule has 4 heteroatoms. The molecule has 18 heavy (non-hydrogen) atoms. The normalized spacial score (nSPS) is 10.1. The lowest BCUT2D eigenvalue weighted by molar-refractivity contribution is 0.0992. The van der Waals surface area contributed by atoms with Gasteiger partial charge < -0.3 is 10.6 Å². The average Bonchev–Trinajstić information content (AvgIpc) is 2.41. The van der Waals surface area contributed by atoms with Crippen molar-refractivity contribution in [3.05, 3.63) is 53.9 Å². The number of rotatable bonds is 2. The van der Waals surface area contributed by atoms with E-state index < -0.39 is 0 Å². The van der Waals surface area contributed by atoms with E-state index in [2.05, 4.69) is 4.98 Å². The molecule has 2 N–H and O–H groups in total. The first-order valence-electron chi connectivity index (χ1n) is 5.64. The summed E-state index contributed by atoms with van der Waals surface area (Å²) in [4.78, 5) is 17.9. The summed E-state index contributed by atoms with van der Waals surface area (Å²) in [6, 6.07) is 8.94. The van der Waals surface area contributed by atoms with Crippen molar-refractivity contribution >= 4 is 17.3 Å². The number of anilines is 2. The predicted octanol–water partition coefficient (Wildman–Crippen LogP) is 2.25. The standard InChI is InChI=1S/C14H15N3O/c1-10-12(4-3-5-13(10)15)14(18)17(2)11-6-8-16-9-7-11/h3-9H,15H2,1-2H3. The number of benzene rings is 1. The van der Waals surface area contributed by atoms with Gasteiger partial charge in [-0.05, 0) is 36.8 Å². The Balaban J connectivity index is 2.35. The molecule has 1 aromatic carbocycles. The quantitative estimate of drug-likeness (QED) is 0.820. The van der Waals surface area contributed by atoms with Crippen molar-refractivity contribution in [2.45, 2.75) is 6.92 Å². The minimum Gasteiger partial charge on any atom is -0.398 e. The summed E-state index contributed by atoms with van der Waals surface area (Å²) in [5.41, 5.74) is 8.68. The Kier molecular flexibility index (Phi) is 3.28. The number of amides is 1. The van der Waals surface area contributed by atoms with Crippen LogP contribution in [-0.4, -0.2) is 17.9 Å². The van der Waals surface area contributed by atoms with Crippen molar-refractivity contribution in [3.63, 3.8) is 0 Å². The predicted molar refractivity (Wildman–Crippen MR) is 72.6 cm³/mol. The lowest BCUT2D eigenvalue weighted by Gasteiger charge is -2.18. The summed E-state index contributed by atoms with van der Waals surface area (Å²) in [7, 11) is 1.74. The number of carbonyl (C=O) groups excluding carboxylic acids is 1. The Hall–Kier alpha value is -2.36. The number of aromatic nitrogens is 1. The maximum absolute atomic E-state index is 12.4. The molecular formula is C14H15N3O. The van der Waals surface area contributed by atoms with Crippen molar-refractivity contribution in [2.75, 3.05) is 17.7 Å². The molecule has 0 fully saturated rings. The first kappa shape index (κ1) is 12.1. The monoisotopic (exact) mass is 241 g/mol. The maximum atomic E-state index is 12.4. The zero-order valence-corrected chi connectivity index (χ0v) is 10.4. The highest BCUT2D eigenvalue weighted by atomic mass is 16.2. The first-order chi connectivity index (χ1) is 8.61. The molecule has 2 aromatic rings. The molecule has 2 rings (SSSR count). The van der Waals surface area contributed by atoms with E-state index in [0.717, 1.165) is 11.3 Å². The third-order valence-corrected chi connectivity index (χ3v) is 2.96. The summed E-state index contributed by atoms with van der Waals surface area (Å²) in [6.07, 6.45) is 3.32. The Morgan fingerprint density at radius 2 is 1.89 bits per heavy atom. The second-order valence-electron chi connectivity index (χ2n) is 4.09. The van der Waals surface area contributed by atoms with Crippen molar-refractivity contribution < 1.29 is 4.79 Å². The van der Waals surface area contributed by atoms with Crippen LogP contribution in [0.25, 0.3) is 0 Å². The molecule has 0 saturated heterocycles. The summed E-state index contributed by atoms with van der Waals surface area (Å²) >= 11 is 0. The van der Waals surface area contributed by atoms with E-state index in [1.807, 2.05) is 6.92 Å². The van der Waals surface area contributed by atoms with Crippen molar-refractivity contribution in [1.82, 2.24) is 4.98 Å². The topological polar surface area (TPSA) is 59.2 Å². The number of carbonyl (C=O) groups is 1. The van der Waals surface area contributed by atoms with Crippen LogP contribution in [0, 0.1) is 6.92 Å². The highest BCUT2D eigenvalue weighted by Gasteiger charge is 2.16. The fraction of sp³-hybridized carbons (Fsp3) is 0.143. The van der Waals surface area contributed by atoms with Crippen molar-refractivity contribution in [1.29, 1.82) is 0 Å². The maximum Gasteiger partial charge on any atom is 0.258 e. The zero-order valence-electron chi connectivity index (χ0n) is 10.4. The fourth-order valence-corrected chi connectivity index (χ4v) is 1.75. The fourth-order valence-electron chi connectivity index (χ4n) is 1.75. The second-order valence-corrected chi connectivity index (χ2v) is 4.09. The van der Waals surface area contributed by atoms with Gasteiger partial charge in [0.15, 0.2) is 0 Å². The molecular weight excluding hydrogens is 226 g/mol. The van der Waals surface area contributed by atoms with E-state index in [1.54, 1.807) is 54.7 Å². The van der Waals surface area contributed by atoms with Crippen LogP contribution >= 0.6 is 0 Å². The van der Waals surface area contributed by atoms with Gasteiger partial charge >= 0.3 is 0 Å². The smallest absolute Gasteiger partial charge is 0.258 e. The van der Waals surface area contributed by atoms with E-state index in [9.17, 15) is 4.79 Å². The number of nitrogens with two attached hydrogens (primary N) is 1. The van der Waals surface area contributed by atoms with Crippen molar-refractivity contribution in [2.24, 2.45) is 0 Å². The van der Waals surface area contributed by atoms with Gasteiger partial charge in [-0.1, -0.05) is 6.07 Å². The number of hydrogen-bond acceptors (Lipinski definition) is 3. The van der Waals surface area contributed by atoms with Gasteiger partial charge in [0.2, 0.25) is 0 Å². The van der Waals surface area contributed by atoms with Crippen LogP contribution in [0.1, 0.15) is 15.9 Å². The zero-order chi connectivity index (χ0) is 13.1. The van der Waals surface area contributed by atoms with Gasteiger partial charge in [-0.3, -0.25) is 9.78 Å². The minimum atomic E-state index is -0.0778. The van der Waals surface area contributed by atoms with Gasteiger partial charge in [0.1, 0.15) is 0 Å². The van der Waals surface area contributed by atoms with E-state index in [4.69, 9.17) is 5.73 Å². The molecule has 0 aliphatic rings. The molecule has 0 aliphatic carbocycles. The lowest BCUT2D eigenvalue weighted by Crippen LogP contribution is -2.27. The molecule has 1 amide bonds. The van der Waals surface area contributed by atoms with Crippen LogP contribution < -0.4 is 10.6 Å². The van der Waals surface area contributed by atoms with Gasteiger partial charge in [-0.15, -0.1) is 0 Å². The molecule has 0 saturated carbocycles. The SMILES string of the molecule is Cc1c(N)cccc1C(=O)N(C)c1ccncc1. The van der Waals surface area contributed by atoms with E-state index in [0.29, 0.717) is 11.3 Å².